The van der Waals surface area contributed by atoms with Gasteiger partial charge in [-0.2, -0.15) is 0 Å². The van der Waals surface area contributed by atoms with Crippen LogP contribution in [0.25, 0.3) is 11.3 Å². The molecule has 4 heterocycles. The Kier molecular flexibility index (Phi) is 6.80. The molecule has 0 radical (unpaired) electrons. The molecule has 1 aromatic heterocycles. The van der Waals surface area contributed by atoms with E-state index < -0.39 is 11.4 Å². The van der Waals surface area contributed by atoms with E-state index in [4.69, 9.17) is 14.5 Å². The molecule has 1 aliphatic carbocycles. The lowest BCUT2D eigenvalue weighted by molar-refractivity contribution is -0.144. The molecule has 210 valence electrons. The number of thiazole rings is 1. The molecule has 0 unspecified atom stereocenters. The molecule has 2 aromatic carbocycles. The summed E-state index contributed by atoms with van der Waals surface area (Å²) < 4.78 is 12.1. The first-order chi connectivity index (χ1) is 19.5. The van der Waals surface area contributed by atoms with Gasteiger partial charge in [0, 0.05) is 56.4 Å². The smallest absolute Gasteiger partial charge is 0.310 e. The van der Waals surface area contributed by atoms with Crippen molar-refractivity contribution in [1.82, 2.24) is 9.88 Å². The number of carbonyl (C=O) groups is 1. The largest absolute Gasteiger partial charge is 0.488 e. The lowest BCUT2D eigenvalue weighted by Gasteiger charge is -2.37. The van der Waals surface area contributed by atoms with E-state index in [1.54, 1.807) is 11.3 Å². The third-order valence-corrected chi connectivity index (χ3v) is 10.5. The number of aryl methyl sites for hydroxylation is 1. The van der Waals surface area contributed by atoms with Gasteiger partial charge in [-0.1, -0.05) is 30.3 Å². The number of rotatable bonds is 7. The number of aliphatic carboxylic acids is 1. The fourth-order valence-electron chi connectivity index (χ4n) is 6.98. The highest BCUT2D eigenvalue weighted by molar-refractivity contribution is 7.14. The van der Waals surface area contributed by atoms with E-state index in [1.807, 2.05) is 0 Å². The zero-order chi connectivity index (χ0) is 27.3. The van der Waals surface area contributed by atoms with Crippen LogP contribution in [0.5, 0.6) is 5.75 Å². The summed E-state index contributed by atoms with van der Waals surface area (Å²) in [5.74, 6) is 0.494. The second-order valence-corrected chi connectivity index (χ2v) is 12.8. The standard InChI is InChI=1S/C32H37N3O4S/c1-21-3-2-4-27(28-20-40-31(33-28)35-12-10-32(30(36)37)16-25(32)18-35)29(21)39-19-22-5-6-24-17-34(11-7-23(24)15-22)26-8-13-38-14-9-26/h2-6,15,20,25-26H,7-14,16-19H2,1H3,(H,36,37)/t25-,32+/m0/s1. The number of hydrogen-bond acceptors (Lipinski definition) is 7. The summed E-state index contributed by atoms with van der Waals surface area (Å²) in [6, 6.07) is 13.7. The van der Waals surface area contributed by atoms with E-state index in [9.17, 15) is 9.90 Å². The van der Waals surface area contributed by atoms with Gasteiger partial charge in [0.2, 0.25) is 0 Å². The Bertz CT molecular complexity index is 1420. The van der Waals surface area contributed by atoms with Crippen LogP contribution in [-0.4, -0.2) is 59.8 Å². The molecule has 1 saturated carbocycles. The number of nitrogens with zero attached hydrogens (tertiary/aromatic N) is 3. The summed E-state index contributed by atoms with van der Waals surface area (Å²) in [4.78, 5) is 21.6. The highest BCUT2D eigenvalue weighted by Crippen LogP contribution is 2.58. The molecule has 1 N–H and O–H groups in total. The number of carboxylic acids is 1. The highest BCUT2D eigenvalue weighted by Gasteiger charge is 2.62. The number of aromatic nitrogens is 1. The van der Waals surface area contributed by atoms with Gasteiger partial charge in [-0.15, -0.1) is 11.3 Å². The number of piperidine rings is 1. The quantitative estimate of drug-likeness (QED) is 0.408. The molecule has 3 aliphatic heterocycles. The third-order valence-electron chi connectivity index (χ3n) is 9.58. The minimum Gasteiger partial charge on any atom is -0.488 e. The number of anilines is 1. The molecule has 7 nitrogen and oxygen atoms in total. The first kappa shape index (κ1) is 26.0. The van der Waals surface area contributed by atoms with Gasteiger partial charge in [-0.3, -0.25) is 9.69 Å². The van der Waals surface area contributed by atoms with Crippen molar-refractivity contribution in [3.8, 4) is 17.0 Å². The van der Waals surface area contributed by atoms with Gasteiger partial charge >= 0.3 is 5.97 Å². The molecule has 0 bridgehead atoms. The van der Waals surface area contributed by atoms with Gasteiger partial charge < -0.3 is 19.5 Å². The minimum atomic E-state index is -0.630. The monoisotopic (exact) mass is 559 g/mol. The molecule has 2 saturated heterocycles. The first-order valence-corrected chi connectivity index (χ1v) is 15.5. The molecule has 0 spiro atoms. The average molecular weight is 560 g/mol. The van der Waals surface area contributed by atoms with E-state index in [0.29, 0.717) is 19.1 Å². The first-order valence-electron chi connectivity index (χ1n) is 14.6. The summed E-state index contributed by atoms with van der Waals surface area (Å²) in [6.45, 7) is 8.07. The Labute approximate surface area is 239 Å². The van der Waals surface area contributed by atoms with Gasteiger partial charge in [-0.25, -0.2) is 4.98 Å². The SMILES string of the molecule is Cc1cccc(-c2csc(N3CC[C@@]4(C(=O)O)C[C@H]4C3)n2)c1OCc1ccc2c(c1)CCN(C1CCOCC1)C2. The lowest BCUT2D eigenvalue weighted by Crippen LogP contribution is -2.42. The molecule has 2 atom stereocenters. The lowest BCUT2D eigenvalue weighted by atomic mass is 9.95. The van der Waals surface area contributed by atoms with Crippen LogP contribution in [0.15, 0.2) is 41.8 Å². The van der Waals surface area contributed by atoms with E-state index >= 15 is 0 Å². The number of hydrogen-bond donors (Lipinski definition) is 1. The Morgan fingerprint density at radius 3 is 2.90 bits per heavy atom. The molecule has 7 rings (SSSR count). The second kappa shape index (κ2) is 10.5. The molecular formula is C32H37N3O4S. The molecule has 4 aliphatic rings. The fraction of sp³-hybridized carbons (Fsp3) is 0.500. The van der Waals surface area contributed by atoms with Crippen LogP contribution >= 0.6 is 11.3 Å². The maximum atomic E-state index is 11.7. The van der Waals surface area contributed by atoms with Crippen molar-refractivity contribution in [2.75, 3.05) is 37.7 Å². The maximum absolute atomic E-state index is 11.7. The summed E-state index contributed by atoms with van der Waals surface area (Å²) >= 11 is 1.63. The minimum absolute atomic E-state index is 0.241. The van der Waals surface area contributed by atoms with Crippen LogP contribution in [0.1, 0.15) is 47.9 Å². The molecular weight excluding hydrogens is 522 g/mol. The van der Waals surface area contributed by atoms with Gasteiger partial charge in [0.1, 0.15) is 12.4 Å². The van der Waals surface area contributed by atoms with Crippen molar-refractivity contribution in [2.24, 2.45) is 11.3 Å². The predicted molar refractivity (Wildman–Crippen MR) is 156 cm³/mol. The Hall–Kier alpha value is -2.94. The molecule has 40 heavy (non-hydrogen) atoms. The van der Waals surface area contributed by atoms with Gasteiger partial charge in [0.05, 0.1) is 11.1 Å². The van der Waals surface area contributed by atoms with Crippen molar-refractivity contribution in [3.05, 3.63) is 64.0 Å². The number of carboxylic acid groups (broad SMARTS) is 1. The molecule has 3 aromatic rings. The summed E-state index contributed by atoms with van der Waals surface area (Å²) in [6.07, 6.45) is 4.87. The Morgan fingerprint density at radius 1 is 1.20 bits per heavy atom. The molecule has 3 fully saturated rings. The average Bonchev–Trinajstić information content (AvgIpc) is 3.54. The fourth-order valence-corrected chi connectivity index (χ4v) is 7.84. The zero-order valence-corrected chi connectivity index (χ0v) is 23.9. The number of benzene rings is 2. The van der Waals surface area contributed by atoms with Crippen LogP contribution in [0, 0.1) is 18.3 Å². The summed E-state index contributed by atoms with van der Waals surface area (Å²) in [5, 5.41) is 12.7. The number of fused-ring (bicyclic) bond motifs is 2. The molecule has 8 heteroatoms. The maximum Gasteiger partial charge on any atom is 0.310 e. The highest BCUT2D eigenvalue weighted by atomic mass is 32.1. The van der Waals surface area contributed by atoms with Crippen molar-refractivity contribution >= 4 is 22.4 Å². The number of para-hydroxylation sites is 1. The summed E-state index contributed by atoms with van der Waals surface area (Å²) in [5.41, 5.74) is 6.64. The second-order valence-electron chi connectivity index (χ2n) is 12.0. The van der Waals surface area contributed by atoms with E-state index in [0.717, 1.165) is 92.8 Å². The van der Waals surface area contributed by atoms with Gasteiger partial charge in [-0.05, 0) is 73.3 Å². The summed E-state index contributed by atoms with van der Waals surface area (Å²) in [7, 11) is 0. The topological polar surface area (TPSA) is 75.1 Å². The molecule has 0 amide bonds. The van der Waals surface area contributed by atoms with E-state index in [-0.39, 0.29) is 5.92 Å². The van der Waals surface area contributed by atoms with Crippen LogP contribution in [0.2, 0.25) is 0 Å². The van der Waals surface area contributed by atoms with Crippen LogP contribution in [0.4, 0.5) is 5.13 Å². The van der Waals surface area contributed by atoms with Crippen molar-refractivity contribution in [2.45, 2.75) is 58.2 Å². The predicted octanol–water partition coefficient (Wildman–Crippen LogP) is 5.54. The zero-order valence-electron chi connectivity index (χ0n) is 23.1. The van der Waals surface area contributed by atoms with Crippen LogP contribution in [0.3, 0.4) is 0 Å². The van der Waals surface area contributed by atoms with Crippen molar-refractivity contribution in [3.63, 3.8) is 0 Å². The Morgan fingerprint density at radius 2 is 2.08 bits per heavy atom. The van der Waals surface area contributed by atoms with Gasteiger partial charge in [0.15, 0.2) is 5.13 Å². The Balaban J connectivity index is 1.03. The van der Waals surface area contributed by atoms with E-state index in [2.05, 4.69) is 58.5 Å². The van der Waals surface area contributed by atoms with Crippen LogP contribution in [-0.2, 0) is 29.1 Å². The van der Waals surface area contributed by atoms with E-state index in [1.165, 1.54) is 16.7 Å². The van der Waals surface area contributed by atoms with Crippen LogP contribution < -0.4 is 9.64 Å². The number of ether oxygens (including phenoxy) is 2. The third kappa shape index (κ3) is 4.80. The van der Waals surface area contributed by atoms with Crippen molar-refractivity contribution in [1.29, 1.82) is 0 Å². The normalized spacial score (nSPS) is 24.8. The van der Waals surface area contributed by atoms with Gasteiger partial charge in [0.25, 0.3) is 0 Å². The van der Waals surface area contributed by atoms with Crippen molar-refractivity contribution < 1.29 is 19.4 Å².